The molecule has 1 heterocycles. The van der Waals surface area contributed by atoms with Gasteiger partial charge in [-0.25, -0.2) is 4.39 Å². The summed E-state index contributed by atoms with van der Waals surface area (Å²) in [5.41, 5.74) is 2.49. The monoisotopic (exact) mass is 373 g/mol. The van der Waals surface area contributed by atoms with Crippen molar-refractivity contribution in [1.29, 1.82) is 0 Å². The molecule has 1 aromatic heterocycles. The molecule has 134 valence electrons. The Hall–Kier alpha value is -2.66. The zero-order valence-electron chi connectivity index (χ0n) is 14.4. The van der Waals surface area contributed by atoms with Crippen molar-refractivity contribution in [2.45, 2.75) is 19.8 Å². The molecule has 0 saturated heterocycles. The summed E-state index contributed by atoms with van der Waals surface area (Å²) in [6.07, 6.45) is 0.443. The Labute approximate surface area is 155 Å². The van der Waals surface area contributed by atoms with Gasteiger partial charge in [-0.15, -0.1) is 0 Å². The van der Waals surface area contributed by atoms with E-state index in [1.165, 1.54) is 23.8 Å². The molecule has 4 nitrogen and oxygen atoms in total. The highest BCUT2D eigenvalue weighted by molar-refractivity contribution is 6.30. The van der Waals surface area contributed by atoms with E-state index in [9.17, 15) is 14.0 Å². The molecule has 3 aromatic rings. The first-order chi connectivity index (χ1) is 12.4. The summed E-state index contributed by atoms with van der Waals surface area (Å²) in [6.45, 7) is 1.82. The zero-order valence-corrected chi connectivity index (χ0v) is 15.1. The first-order valence-corrected chi connectivity index (χ1v) is 8.46. The van der Waals surface area contributed by atoms with Crippen molar-refractivity contribution in [1.82, 2.24) is 4.57 Å². The third-order valence-corrected chi connectivity index (χ3v) is 4.65. The molecule has 0 unspecified atom stereocenters. The Kier molecular flexibility index (Phi) is 5.09. The number of aromatic nitrogens is 1. The highest BCUT2D eigenvalue weighted by Gasteiger charge is 2.21. The van der Waals surface area contributed by atoms with E-state index in [0.717, 1.165) is 5.56 Å². The Balaban J connectivity index is 2.15. The number of carbonyl (C=O) groups is 2. The number of rotatable bonds is 4. The maximum atomic E-state index is 13.7. The van der Waals surface area contributed by atoms with E-state index in [1.54, 1.807) is 30.3 Å². The normalized spacial score (nSPS) is 10.9. The summed E-state index contributed by atoms with van der Waals surface area (Å²) in [5.74, 6) is -1.01. The third-order valence-electron chi connectivity index (χ3n) is 4.39. The summed E-state index contributed by atoms with van der Waals surface area (Å²) in [6, 6.07) is 10.9. The van der Waals surface area contributed by atoms with Crippen molar-refractivity contribution in [3.63, 3.8) is 0 Å². The van der Waals surface area contributed by atoms with E-state index in [4.69, 9.17) is 16.3 Å². The minimum absolute atomic E-state index is 0.129. The molecule has 0 amide bonds. The smallest absolute Gasteiger partial charge is 0.305 e. The quantitative estimate of drug-likeness (QED) is 0.631. The van der Waals surface area contributed by atoms with Gasteiger partial charge in [-0.1, -0.05) is 11.6 Å². The maximum absolute atomic E-state index is 13.7. The fraction of sp³-hybridized carbons (Fsp3) is 0.200. The number of hydrogen-bond acceptors (Lipinski definition) is 3. The highest BCUT2D eigenvalue weighted by atomic mass is 35.5. The molecule has 6 heteroatoms. The Morgan fingerprint density at radius 3 is 2.50 bits per heavy atom. The van der Waals surface area contributed by atoms with Crippen molar-refractivity contribution < 1.29 is 18.7 Å². The molecule has 0 saturated carbocycles. The first-order valence-electron chi connectivity index (χ1n) is 8.09. The molecular weight excluding hydrogens is 357 g/mol. The molecule has 0 bridgehead atoms. The van der Waals surface area contributed by atoms with Crippen LogP contribution in [0.2, 0.25) is 5.02 Å². The molecule has 26 heavy (non-hydrogen) atoms. The predicted molar refractivity (Wildman–Crippen MR) is 98.2 cm³/mol. The topological polar surface area (TPSA) is 48.3 Å². The summed E-state index contributed by atoms with van der Waals surface area (Å²) < 4.78 is 19.9. The Bertz CT molecular complexity index is 992. The van der Waals surface area contributed by atoms with Crippen LogP contribution in [0.1, 0.15) is 28.0 Å². The number of halogens is 2. The van der Waals surface area contributed by atoms with Gasteiger partial charge in [-0.2, -0.15) is 0 Å². The Morgan fingerprint density at radius 2 is 1.85 bits per heavy atom. The average Bonchev–Trinajstić information content (AvgIpc) is 2.91. The molecule has 0 aliphatic carbocycles. The van der Waals surface area contributed by atoms with E-state index in [-0.39, 0.29) is 24.1 Å². The van der Waals surface area contributed by atoms with Gasteiger partial charge < -0.3 is 4.74 Å². The second-order valence-electron chi connectivity index (χ2n) is 5.96. The van der Waals surface area contributed by atoms with E-state index in [2.05, 4.69) is 0 Å². The van der Waals surface area contributed by atoms with Crippen molar-refractivity contribution in [2.75, 3.05) is 7.11 Å². The van der Waals surface area contributed by atoms with Crippen LogP contribution >= 0.6 is 11.6 Å². The Morgan fingerprint density at radius 1 is 1.15 bits per heavy atom. The second-order valence-corrected chi connectivity index (χ2v) is 6.39. The SMILES string of the molecule is COC(=O)CCc1c(C)c2cc(F)ccc2n1C(=O)c1ccc(Cl)cc1. The van der Waals surface area contributed by atoms with E-state index >= 15 is 0 Å². The van der Waals surface area contributed by atoms with Crippen LogP contribution < -0.4 is 0 Å². The molecule has 0 spiro atoms. The van der Waals surface area contributed by atoms with Crippen molar-refractivity contribution in [2.24, 2.45) is 0 Å². The van der Waals surface area contributed by atoms with Crippen LogP contribution in [0, 0.1) is 12.7 Å². The lowest BCUT2D eigenvalue weighted by Crippen LogP contribution is -2.16. The summed E-state index contributed by atoms with van der Waals surface area (Å²) in [4.78, 5) is 24.7. The average molecular weight is 374 g/mol. The molecule has 0 N–H and O–H groups in total. The molecule has 0 aliphatic heterocycles. The van der Waals surface area contributed by atoms with E-state index < -0.39 is 0 Å². The van der Waals surface area contributed by atoms with Crippen LogP contribution in [0.15, 0.2) is 42.5 Å². The number of fused-ring (bicyclic) bond motifs is 1. The van der Waals surface area contributed by atoms with Crippen LogP contribution in [0.3, 0.4) is 0 Å². The van der Waals surface area contributed by atoms with Crippen LogP contribution in [-0.4, -0.2) is 23.6 Å². The minimum atomic E-state index is -0.379. The van der Waals surface area contributed by atoms with Gasteiger partial charge in [0.05, 0.1) is 19.0 Å². The fourth-order valence-corrected chi connectivity index (χ4v) is 3.17. The standard InChI is InChI=1S/C20H17ClFNO3/c1-12-16-11-15(22)7-8-18(16)23(17(12)9-10-19(24)26-2)20(25)13-3-5-14(21)6-4-13/h3-8,11H,9-10H2,1-2H3. The number of aryl methyl sites for hydroxylation is 1. The minimum Gasteiger partial charge on any atom is -0.469 e. The van der Waals surface area contributed by atoms with E-state index in [0.29, 0.717) is 33.6 Å². The lowest BCUT2D eigenvalue weighted by molar-refractivity contribution is -0.140. The van der Waals surface area contributed by atoms with Crippen LogP contribution in [0.5, 0.6) is 0 Å². The lowest BCUT2D eigenvalue weighted by Gasteiger charge is -2.10. The summed E-state index contributed by atoms with van der Waals surface area (Å²) >= 11 is 5.90. The molecule has 0 atom stereocenters. The largest absolute Gasteiger partial charge is 0.469 e. The van der Waals surface area contributed by atoms with E-state index in [1.807, 2.05) is 6.92 Å². The van der Waals surface area contributed by atoms with Crippen molar-refractivity contribution >= 4 is 34.4 Å². The van der Waals surface area contributed by atoms with Gasteiger partial charge in [-0.3, -0.25) is 14.2 Å². The molecule has 0 fully saturated rings. The zero-order chi connectivity index (χ0) is 18.8. The number of methoxy groups -OCH3 is 1. The molecule has 3 rings (SSSR count). The second kappa shape index (κ2) is 7.30. The maximum Gasteiger partial charge on any atom is 0.305 e. The number of hydrogen-bond donors (Lipinski definition) is 0. The van der Waals surface area contributed by atoms with Crippen molar-refractivity contribution in [3.05, 3.63) is 70.1 Å². The van der Waals surface area contributed by atoms with Crippen LogP contribution in [0.4, 0.5) is 4.39 Å². The first kappa shape index (κ1) is 18.1. The van der Waals surface area contributed by atoms with Gasteiger partial charge in [0.2, 0.25) is 0 Å². The van der Waals surface area contributed by atoms with Gasteiger partial charge in [0.25, 0.3) is 5.91 Å². The summed E-state index contributed by atoms with van der Waals surface area (Å²) in [7, 11) is 1.32. The number of ether oxygens (including phenoxy) is 1. The fourth-order valence-electron chi connectivity index (χ4n) is 3.05. The molecule has 2 aromatic carbocycles. The number of nitrogens with zero attached hydrogens (tertiary/aromatic N) is 1. The van der Waals surface area contributed by atoms with Crippen molar-refractivity contribution in [3.8, 4) is 0 Å². The number of carbonyl (C=O) groups excluding carboxylic acids is 2. The molecular formula is C20H17ClFNO3. The summed E-state index contributed by atoms with van der Waals surface area (Å²) in [5, 5.41) is 1.18. The van der Waals surface area contributed by atoms with Gasteiger partial charge in [0.15, 0.2) is 0 Å². The molecule has 0 radical (unpaired) electrons. The number of benzene rings is 2. The third kappa shape index (κ3) is 3.35. The van der Waals surface area contributed by atoms with Gasteiger partial charge in [-0.05, 0) is 61.4 Å². The molecule has 0 aliphatic rings. The van der Waals surface area contributed by atoms with Gasteiger partial charge in [0, 0.05) is 21.7 Å². The number of esters is 1. The highest BCUT2D eigenvalue weighted by Crippen LogP contribution is 2.28. The van der Waals surface area contributed by atoms with Gasteiger partial charge in [0.1, 0.15) is 5.82 Å². The van der Waals surface area contributed by atoms with Crippen LogP contribution in [0.25, 0.3) is 10.9 Å². The van der Waals surface area contributed by atoms with Crippen LogP contribution in [-0.2, 0) is 16.0 Å². The van der Waals surface area contributed by atoms with Gasteiger partial charge >= 0.3 is 5.97 Å². The predicted octanol–water partition coefficient (Wildman–Crippen LogP) is 4.54. The lowest BCUT2D eigenvalue weighted by atomic mass is 10.1.